The van der Waals surface area contributed by atoms with Crippen molar-refractivity contribution in [2.24, 2.45) is 0 Å². The number of hydrogen-bond acceptors (Lipinski definition) is 2. The summed E-state index contributed by atoms with van der Waals surface area (Å²) >= 11 is 0. The molecule has 0 amide bonds. The van der Waals surface area contributed by atoms with Gasteiger partial charge in [0.2, 0.25) is 0 Å². The summed E-state index contributed by atoms with van der Waals surface area (Å²) in [5.74, 6) is 1.74. The molecule has 0 aromatic heterocycles. The second kappa shape index (κ2) is 20.6. The summed E-state index contributed by atoms with van der Waals surface area (Å²) in [6.07, 6.45) is 27.5. The quantitative estimate of drug-likeness (QED) is 0.0966. The summed E-state index contributed by atoms with van der Waals surface area (Å²) in [5.41, 5.74) is 4.38. The molecule has 0 spiro atoms. The van der Waals surface area contributed by atoms with Crippen LogP contribution in [0.15, 0.2) is 72.8 Å². The number of unbranched alkanes of at least 4 members (excludes halogenated alkanes) is 13. The first kappa shape index (κ1) is 32.3. The van der Waals surface area contributed by atoms with E-state index in [1.54, 1.807) is 7.11 Å². The molecular weight excluding hydrogens is 500 g/mol. The smallest absolute Gasteiger partial charge is 0.127 e. The third-order valence-corrected chi connectivity index (χ3v) is 7.63. The zero-order valence-electron chi connectivity index (χ0n) is 25.7. The Hall–Kier alpha value is -3.26. The van der Waals surface area contributed by atoms with E-state index in [-0.39, 0.29) is 0 Å². The van der Waals surface area contributed by atoms with E-state index >= 15 is 0 Å². The van der Waals surface area contributed by atoms with E-state index in [0.29, 0.717) is 0 Å². The van der Waals surface area contributed by atoms with E-state index in [1.165, 1.54) is 83.5 Å². The van der Waals surface area contributed by atoms with E-state index in [2.05, 4.69) is 91.9 Å². The fourth-order valence-corrected chi connectivity index (χ4v) is 5.13. The van der Waals surface area contributed by atoms with Gasteiger partial charge in [-0.2, -0.15) is 0 Å². The van der Waals surface area contributed by atoms with Crippen molar-refractivity contribution in [1.29, 1.82) is 0 Å². The van der Waals surface area contributed by atoms with Crippen molar-refractivity contribution in [3.05, 3.63) is 95.1 Å². The highest BCUT2D eigenvalue weighted by molar-refractivity contribution is 5.78. The molecule has 0 unspecified atom stereocenters. The largest absolute Gasteiger partial charge is 0.496 e. The Labute approximate surface area is 250 Å². The molecule has 3 aromatic rings. The van der Waals surface area contributed by atoms with Crippen molar-refractivity contribution in [1.82, 2.24) is 0 Å². The van der Waals surface area contributed by atoms with Crippen molar-refractivity contribution >= 4 is 24.3 Å². The number of benzene rings is 3. The van der Waals surface area contributed by atoms with Gasteiger partial charge in [-0.25, -0.2) is 0 Å². The van der Waals surface area contributed by atoms with Gasteiger partial charge in [0.15, 0.2) is 0 Å². The highest BCUT2D eigenvalue weighted by Gasteiger charge is 2.09. The highest BCUT2D eigenvalue weighted by Crippen LogP contribution is 2.32. The predicted molar refractivity (Wildman–Crippen MR) is 180 cm³/mol. The molecule has 0 N–H and O–H groups in total. The lowest BCUT2D eigenvalue weighted by atomic mass is 10.0. The van der Waals surface area contributed by atoms with Crippen LogP contribution in [0.1, 0.15) is 119 Å². The summed E-state index contributed by atoms with van der Waals surface area (Å²) in [4.78, 5) is 0. The first-order valence-corrected chi connectivity index (χ1v) is 16.1. The van der Waals surface area contributed by atoms with Crippen molar-refractivity contribution in [3.8, 4) is 11.5 Å². The third-order valence-electron chi connectivity index (χ3n) is 7.63. The van der Waals surface area contributed by atoms with Gasteiger partial charge in [0.1, 0.15) is 11.5 Å². The van der Waals surface area contributed by atoms with Gasteiger partial charge in [0.05, 0.1) is 13.7 Å². The van der Waals surface area contributed by atoms with Crippen LogP contribution in [-0.4, -0.2) is 13.7 Å². The van der Waals surface area contributed by atoms with Crippen molar-refractivity contribution in [3.63, 3.8) is 0 Å². The SMILES string of the molecule is CCCCCCCCCCCCCCCCOc1cc(/C=C/c2ccccc2)c(OC)cc1/C=C/c1ccccc1. The Bertz CT molecular complexity index is 1130. The lowest BCUT2D eigenvalue weighted by Crippen LogP contribution is -2.00. The monoisotopic (exact) mass is 552 g/mol. The van der Waals surface area contributed by atoms with Gasteiger partial charge < -0.3 is 9.47 Å². The van der Waals surface area contributed by atoms with E-state index in [4.69, 9.17) is 9.47 Å². The number of methoxy groups -OCH3 is 1. The fourth-order valence-electron chi connectivity index (χ4n) is 5.13. The van der Waals surface area contributed by atoms with Crippen LogP contribution in [0, 0.1) is 0 Å². The molecule has 0 heterocycles. The molecule has 3 rings (SSSR count). The third kappa shape index (κ3) is 13.3. The Kier molecular flexibility index (Phi) is 16.2. The first-order chi connectivity index (χ1) is 20.3. The molecule has 2 nitrogen and oxygen atoms in total. The standard InChI is InChI=1S/C39H52O2/c1-3-4-5-6-7-8-9-10-11-12-13-14-15-22-31-41-39-33-36(29-27-34-23-18-16-19-24-34)38(40-2)32-37(39)30-28-35-25-20-17-21-26-35/h16-21,23-30,32-33H,3-15,22,31H2,1-2H3/b29-27+,30-28+. The molecule has 0 saturated heterocycles. The van der Waals surface area contributed by atoms with Crippen LogP contribution in [0.25, 0.3) is 24.3 Å². The Morgan fingerprint density at radius 1 is 0.488 bits per heavy atom. The van der Waals surface area contributed by atoms with Gasteiger partial charge in [0, 0.05) is 11.1 Å². The molecule has 0 radical (unpaired) electrons. The Morgan fingerprint density at radius 3 is 1.37 bits per heavy atom. The highest BCUT2D eigenvalue weighted by atomic mass is 16.5. The van der Waals surface area contributed by atoms with Gasteiger partial charge in [-0.1, -0.05) is 175 Å². The summed E-state index contributed by atoms with van der Waals surface area (Å²) in [7, 11) is 1.73. The average Bonchev–Trinajstić information content (AvgIpc) is 3.02. The lowest BCUT2D eigenvalue weighted by Gasteiger charge is -2.14. The molecule has 3 aromatic carbocycles. The molecule has 0 aliphatic heterocycles. The minimum Gasteiger partial charge on any atom is -0.496 e. The van der Waals surface area contributed by atoms with E-state index in [1.807, 2.05) is 12.1 Å². The van der Waals surface area contributed by atoms with Crippen LogP contribution in [0.3, 0.4) is 0 Å². The maximum absolute atomic E-state index is 6.38. The average molecular weight is 553 g/mol. The van der Waals surface area contributed by atoms with Crippen LogP contribution >= 0.6 is 0 Å². The lowest BCUT2D eigenvalue weighted by molar-refractivity contribution is 0.303. The first-order valence-electron chi connectivity index (χ1n) is 16.1. The van der Waals surface area contributed by atoms with Crippen LogP contribution in [0.5, 0.6) is 11.5 Å². The molecule has 220 valence electrons. The van der Waals surface area contributed by atoms with Crippen LogP contribution in [0.2, 0.25) is 0 Å². The predicted octanol–water partition coefficient (Wildman–Crippen LogP) is 11.9. The molecule has 41 heavy (non-hydrogen) atoms. The number of hydrogen-bond donors (Lipinski definition) is 0. The molecule has 0 aliphatic carbocycles. The topological polar surface area (TPSA) is 18.5 Å². The van der Waals surface area contributed by atoms with Gasteiger partial charge >= 0.3 is 0 Å². The summed E-state index contributed by atoms with van der Waals surface area (Å²) < 4.78 is 12.2. The molecular formula is C39H52O2. The fraction of sp³-hybridized carbons (Fsp3) is 0.436. The molecule has 0 bridgehead atoms. The molecule has 0 saturated carbocycles. The van der Waals surface area contributed by atoms with Gasteiger partial charge in [-0.15, -0.1) is 0 Å². The van der Waals surface area contributed by atoms with Gasteiger partial charge in [-0.05, 0) is 29.7 Å². The molecule has 2 heteroatoms. The summed E-state index contributed by atoms with van der Waals surface area (Å²) in [6.45, 7) is 3.02. The summed E-state index contributed by atoms with van der Waals surface area (Å²) in [5, 5.41) is 0. The zero-order chi connectivity index (χ0) is 28.8. The minimum absolute atomic E-state index is 0.735. The van der Waals surface area contributed by atoms with Crippen LogP contribution < -0.4 is 9.47 Å². The van der Waals surface area contributed by atoms with E-state index in [0.717, 1.165) is 46.8 Å². The van der Waals surface area contributed by atoms with Crippen molar-refractivity contribution in [2.45, 2.75) is 96.8 Å². The molecule has 0 aliphatic rings. The normalized spacial score (nSPS) is 11.5. The van der Waals surface area contributed by atoms with E-state index in [9.17, 15) is 0 Å². The van der Waals surface area contributed by atoms with Crippen molar-refractivity contribution in [2.75, 3.05) is 13.7 Å². The van der Waals surface area contributed by atoms with Crippen LogP contribution in [-0.2, 0) is 0 Å². The van der Waals surface area contributed by atoms with Gasteiger partial charge in [-0.3, -0.25) is 0 Å². The maximum Gasteiger partial charge on any atom is 0.127 e. The number of rotatable bonds is 21. The Balaban J connectivity index is 1.48. The zero-order valence-corrected chi connectivity index (χ0v) is 25.7. The van der Waals surface area contributed by atoms with Crippen LogP contribution in [0.4, 0.5) is 0 Å². The second-order valence-corrected chi connectivity index (χ2v) is 11.1. The molecule has 0 atom stereocenters. The molecule has 0 fully saturated rings. The minimum atomic E-state index is 0.735. The van der Waals surface area contributed by atoms with Crippen molar-refractivity contribution < 1.29 is 9.47 Å². The number of ether oxygens (including phenoxy) is 2. The van der Waals surface area contributed by atoms with Gasteiger partial charge in [0.25, 0.3) is 0 Å². The maximum atomic E-state index is 6.38. The Morgan fingerprint density at radius 2 is 0.902 bits per heavy atom. The van der Waals surface area contributed by atoms with E-state index < -0.39 is 0 Å². The second-order valence-electron chi connectivity index (χ2n) is 11.1. The summed E-state index contributed by atoms with van der Waals surface area (Å²) in [6, 6.07) is 24.9.